The van der Waals surface area contributed by atoms with Gasteiger partial charge in [-0.25, -0.2) is 0 Å². The average molecular weight is 318 g/mol. The topological polar surface area (TPSA) is 64.3 Å². The van der Waals surface area contributed by atoms with Crippen molar-refractivity contribution in [2.75, 3.05) is 18.2 Å². The van der Waals surface area contributed by atoms with Gasteiger partial charge >= 0.3 is 5.97 Å². The van der Waals surface area contributed by atoms with E-state index in [1.165, 1.54) is 26.4 Å². The third kappa shape index (κ3) is 5.15. The van der Waals surface area contributed by atoms with E-state index in [-0.39, 0.29) is 5.97 Å². The summed E-state index contributed by atoms with van der Waals surface area (Å²) in [5.41, 5.74) is 9.40. The van der Waals surface area contributed by atoms with Gasteiger partial charge in [-0.05, 0) is 54.7 Å². The molecule has 2 atom stereocenters. The van der Waals surface area contributed by atoms with Crippen LogP contribution in [0.2, 0.25) is 0 Å². The van der Waals surface area contributed by atoms with Crippen LogP contribution in [0.25, 0.3) is 0 Å². The minimum atomic E-state index is -0.191. The highest BCUT2D eigenvalue weighted by Gasteiger charge is 2.32. The standard InChI is InChI=1S/C19H30N2O2/c1-13-9-15(12-19(2,3)11-13)21-17-7-5-14(10-16(17)20)6-8-18(22)23-4/h5,7,10,13,15,21H,6,8-9,11-12,20H2,1-4H3/t13-,15+/m0/s1. The zero-order valence-corrected chi connectivity index (χ0v) is 14.8. The zero-order valence-electron chi connectivity index (χ0n) is 14.8. The van der Waals surface area contributed by atoms with Gasteiger partial charge < -0.3 is 15.8 Å². The lowest BCUT2D eigenvalue weighted by Gasteiger charge is -2.39. The number of benzene rings is 1. The van der Waals surface area contributed by atoms with E-state index in [9.17, 15) is 4.79 Å². The summed E-state index contributed by atoms with van der Waals surface area (Å²) >= 11 is 0. The van der Waals surface area contributed by atoms with E-state index in [2.05, 4.69) is 30.8 Å². The van der Waals surface area contributed by atoms with Crippen molar-refractivity contribution in [1.29, 1.82) is 0 Å². The molecule has 0 unspecified atom stereocenters. The number of anilines is 2. The van der Waals surface area contributed by atoms with E-state index in [1.807, 2.05) is 18.2 Å². The summed E-state index contributed by atoms with van der Waals surface area (Å²) in [5, 5.41) is 3.62. The second-order valence-corrected chi connectivity index (χ2v) is 7.75. The van der Waals surface area contributed by atoms with Crippen molar-refractivity contribution in [3.63, 3.8) is 0 Å². The second kappa shape index (κ2) is 7.24. The molecule has 0 amide bonds. The minimum Gasteiger partial charge on any atom is -0.469 e. The predicted octanol–water partition coefficient (Wildman–Crippen LogP) is 4.00. The van der Waals surface area contributed by atoms with Crippen molar-refractivity contribution >= 4 is 17.3 Å². The van der Waals surface area contributed by atoms with Crippen molar-refractivity contribution in [3.8, 4) is 0 Å². The van der Waals surface area contributed by atoms with Crippen molar-refractivity contribution in [2.24, 2.45) is 11.3 Å². The number of nitrogens with one attached hydrogen (secondary N) is 1. The first-order valence-corrected chi connectivity index (χ1v) is 8.51. The Morgan fingerprint density at radius 2 is 2.13 bits per heavy atom. The van der Waals surface area contributed by atoms with E-state index >= 15 is 0 Å². The highest BCUT2D eigenvalue weighted by molar-refractivity contribution is 5.70. The van der Waals surface area contributed by atoms with Gasteiger partial charge in [-0.3, -0.25) is 4.79 Å². The molecule has 1 saturated carbocycles. The fraction of sp³-hybridized carbons (Fsp3) is 0.632. The number of methoxy groups -OCH3 is 1. The number of nitrogens with two attached hydrogens (primary N) is 1. The van der Waals surface area contributed by atoms with Gasteiger partial charge in [0.15, 0.2) is 0 Å². The molecule has 0 radical (unpaired) electrons. The molecule has 4 nitrogen and oxygen atoms in total. The Kier molecular flexibility index (Phi) is 5.55. The van der Waals surface area contributed by atoms with Crippen LogP contribution in [-0.4, -0.2) is 19.1 Å². The lowest BCUT2D eigenvalue weighted by Crippen LogP contribution is -2.35. The third-order valence-electron chi connectivity index (χ3n) is 4.71. The van der Waals surface area contributed by atoms with Crippen LogP contribution >= 0.6 is 0 Å². The minimum absolute atomic E-state index is 0.191. The van der Waals surface area contributed by atoms with Crippen molar-refractivity contribution < 1.29 is 9.53 Å². The first-order valence-electron chi connectivity index (χ1n) is 8.51. The van der Waals surface area contributed by atoms with Crippen molar-refractivity contribution in [1.82, 2.24) is 0 Å². The Balaban J connectivity index is 1.99. The molecule has 128 valence electrons. The molecule has 1 aromatic carbocycles. The molecule has 1 aliphatic rings. The smallest absolute Gasteiger partial charge is 0.305 e. The summed E-state index contributed by atoms with van der Waals surface area (Å²) in [7, 11) is 1.41. The number of hydrogen-bond acceptors (Lipinski definition) is 4. The molecular weight excluding hydrogens is 288 g/mol. The number of ether oxygens (including phenoxy) is 1. The molecule has 0 bridgehead atoms. The lowest BCUT2D eigenvalue weighted by atomic mass is 9.70. The molecule has 1 fully saturated rings. The van der Waals surface area contributed by atoms with Crippen LogP contribution in [-0.2, 0) is 16.0 Å². The molecule has 1 aromatic rings. The molecule has 3 N–H and O–H groups in total. The van der Waals surface area contributed by atoms with Crippen LogP contribution in [0.5, 0.6) is 0 Å². The molecule has 0 aliphatic heterocycles. The highest BCUT2D eigenvalue weighted by atomic mass is 16.5. The number of carbonyl (C=O) groups excluding carboxylic acids is 1. The van der Waals surface area contributed by atoms with Gasteiger partial charge in [0.2, 0.25) is 0 Å². The van der Waals surface area contributed by atoms with E-state index in [0.29, 0.717) is 24.3 Å². The van der Waals surface area contributed by atoms with Crippen LogP contribution in [0.3, 0.4) is 0 Å². The van der Waals surface area contributed by atoms with Crippen LogP contribution in [0.15, 0.2) is 18.2 Å². The maximum Gasteiger partial charge on any atom is 0.305 e. The van der Waals surface area contributed by atoms with E-state index in [1.54, 1.807) is 0 Å². The molecule has 0 heterocycles. The third-order valence-corrected chi connectivity index (χ3v) is 4.71. The summed E-state index contributed by atoms with van der Waals surface area (Å²) < 4.78 is 4.67. The first-order chi connectivity index (χ1) is 10.8. The van der Waals surface area contributed by atoms with E-state index in [4.69, 9.17) is 5.73 Å². The van der Waals surface area contributed by atoms with Gasteiger partial charge in [0.05, 0.1) is 18.5 Å². The molecule has 4 heteroatoms. The van der Waals surface area contributed by atoms with Gasteiger partial charge in [-0.15, -0.1) is 0 Å². The second-order valence-electron chi connectivity index (χ2n) is 7.75. The van der Waals surface area contributed by atoms with E-state index < -0.39 is 0 Å². The van der Waals surface area contributed by atoms with Crippen LogP contribution in [0, 0.1) is 11.3 Å². The summed E-state index contributed by atoms with van der Waals surface area (Å²) in [6, 6.07) is 6.51. The SMILES string of the molecule is COC(=O)CCc1ccc(N[C@@H]2C[C@H](C)CC(C)(C)C2)c(N)c1. The van der Waals surface area contributed by atoms with Gasteiger partial charge in [0.1, 0.15) is 0 Å². The predicted molar refractivity (Wildman–Crippen MR) is 95.4 cm³/mol. The molecule has 0 aromatic heterocycles. The molecule has 2 rings (SSSR count). The Hall–Kier alpha value is -1.71. The average Bonchev–Trinajstić information content (AvgIpc) is 2.45. The van der Waals surface area contributed by atoms with Crippen LogP contribution < -0.4 is 11.1 Å². The maximum atomic E-state index is 11.2. The monoisotopic (exact) mass is 318 g/mol. The normalized spacial score (nSPS) is 23.3. The summed E-state index contributed by atoms with van der Waals surface area (Å²) in [6.45, 7) is 7.02. The van der Waals surface area contributed by atoms with Crippen LogP contribution in [0.1, 0.15) is 52.0 Å². The van der Waals surface area contributed by atoms with Crippen molar-refractivity contribution in [3.05, 3.63) is 23.8 Å². The summed E-state index contributed by atoms with van der Waals surface area (Å²) in [4.78, 5) is 11.2. The number of carbonyl (C=O) groups is 1. The largest absolute Gasteiger partial charge is 0.469 e. The first kappa shape index (κ1) is 17.6. The fourth-order valence-electron chi connectivity index (χ4n) is 3.92. The molecule has 0 spiro atoms. The molecular formula is C19H30N2O2. The quantitative estimate of drug-likeness (QED) is 0.636. The lowest BCUT2D eigenvalue weighted by molar-refractivity contribution is -0.140. The number of esters is 1. The van der Waals surface area contributed by atoms with E-state index in [0.717, 1.165) is 22.9 Å². The Labute approximate surface area is 139 Å². The summed E-state index contributed by atoms with van der Waals surface area (Å²) in [5.74, 6) is 0.543. The molecule has 0 saturated heterocycles. The molecule has 1 aliphatic carbocycles. The Bertz CT molecular complexity index is 554. The number of hydrogen-bond donors (Lipinski definition) is 2. The number of rotatable bonds is 5. The zero-order chi connectivity index (χ0) is 17.0. The number of nitrogen functional groups attached to an aromatic ring is 1. The van der Waals surface area contributed by atoms with Crippen molar-refractivity contribution in [2.45, 2.75) is 58.9 Å². The highest BCUT2D eigenvalue weighted by Crippen LogP contribution is 2.40. The number of aryl methyl sites for hydroxylation is 1. The Morgan fingerprint density at radius 3 is 2.74 bits per heavy atom. The Morgan fingerprint density at radius 1 is 1.39 bits per heavy atom. The van der Waals surface area contributed by atoms with Gasteiger partial charge in [0.25, 0.3) is 0 Å². The van der Waals surface area contributed by atoms with Gasteiger partial charge in [-0.2, -0.15) is 0 Å². The van der Waals surface area contributed by atoms with Crippen LogP contribution in [0.4, 0.5) is 11.4 Å². The maximum absolute atomic E-state index is 11.2. The summed E-state index contributed by atoms with van der Waals surface area (Å²) in [6.07, 6.45) is 4.68. The van der Waals surface area contributed by atoms with Gasteiger partial charge in [-0.1, -0.05) is 26.8 Å². The fourth-order valence-corrected chi connectivity index (χ4v) is 3.92. The van der Waals surface area contributed by atoms with Gasteiger partial charge in [0, 0.05) is 12.5 Å². The molecule has 23 heavy (non-hydrogen) atoms.